The summed E-state index contributed by atoms with van der Waals surface area (Å²) < 4.78 is 0. The van der Waals surface area contributed by atoms with Crippen molar-refractivity contribution in [2.75, 3.05) is 10.6 Å². The van der Waals surface area contributed by atoms with Gasteiger partial charge in [-0.2, -0.15) is 0 Å². The SMILES string of the molecule is C[C@H](NC(=O)Nc1ccccc1NC(=O)N[C@@H](C)c1cccc2ccccc12)c1cccc2ccccc12. The molecule has 5 aromatic rings. The molecule has 0 aromatic heterocycles. The van der Waals surface area contributed by atoms with Crippen LogP contribution in [0.5, 0.6) is 0 Å². The van der Waals surface area contributed by atoms with Crippen molar-refractivity contribution < 1.29 is 9.59 Å². The summed E-state index contributed by atoms with van der Waals surface area (Å²) in [5.41, 5.74) is 3.07. The third-order valence-corrected chi connectivity index (χ3v) is 6.70. The predicted molar refractivity (Wildman–Crippen MR) is 155 cm³/mol. The topological polar surface area (TPSA) is 82.3 Å². The molecule has 38 heavy (non-hydrogen) atoms. The molecule has 0 saturated carbocycles. The number of hydrogen-bond acceptors (Lipinski definition) is 2. The van der Waals surface area contributed by atoms with Gasteiger partial charge in [0.1, 0.15) is 0 Å². The molecule has 0 aliphatic rings. The molecule has 5 rings (SSSR count). The van der Waals surface area contributed by atoms with Gasteiger partial charge in [0.2, 0.25) is 0 Å². The summed E-state index contributed by atoms with van der Waals surface area (Å²) in [5.74, 6) is 0. The molecule has 190 valence electrons. The van der Waals surface area contributed by atoms with Crippen molar-refractivity contribution in [2.24, 2.45) is 0 Å². The van der Waals surface area contributed by atoms with Crippen LogP contribution in [0, 0.1) is 0 Å². The zero-order valence-electron chi connectivity index (χ0n) is 21.4. The minimum absolute atomic E-state index is 0.217. The van der Waals surface area contributed by atoms with Crippen molar-refractivity contribution in [3.05, 3.63) is 120 Å². The Hall–Kier alpha value is -4.84. The van der Waals surface area contributed by atoms with Crippen molar-refractivity contribution in [3.63, 3.8) is 0 Å². The van der Waals surface area contributed by atoms with Crippen LogP contribution in [-0.2, 0) is 0 Å². The number of urea groups is 2. The number of nitrogens with one attached hydrogen (secondary N) is 4. The Balaban J connectivity index is 1.25. The van der Waals surface area contributed by atoms with E-state index in [0.29, 0.717) is 11.4 Å². The summed E-state index contributed by atoms with van der Waals surface area (Å²) in [7, 11) is 0. The number of amides is 4. The fraction of sp³-hybridized carbons (Fsp3) is 0.125. The predicted octanol–water partition coefficient (Wildman–Crippen LogP) is 7.76. The molecule has 6 heteroatoms. The summed E-state index contributed by atoms with van der Waals surface area (Å²) >= 11 is 0. The molecule has 0 unspecified atom stereocenters. The lowest BCUT2D eigenvalue weighted by atomic mass is 10.00. The Bertz CT molecular complexity index is 1480. The molecule has 4 N–H and O–H groups in total. The van der Waals surface area contributed by atoms with Crippen LogP contribution in [0.1, 0.15) is 37.1 Å². The van der Waals surface area contributed by atoms with Gasteiger partial charge >= 0.3 is 12.1 Å². The maximum Gasteiger partial charge on any atom is 0.319 e. The summed E-state index contributed by atoms with van der Waals surface area (Å²) in [6.45, 7) is 3.90. The highest BCUT2D eigenvalue weighted by Gasteiger charge is 2.16. The largest absolute Gasteiger partial charge is 0.331 e. The molecule has 0 saturated heterocycles. The minimum atomic E-state index is -0.357. The standard InChI is InChI=1S/C32H30N4O2/c1-21(25-17-9-13-23-11-3-5-15-27(23)25)33-31(37)35-29-19-7-8-20-30(29)36-32(38)34-22(2)26-18-10-14-24-12-4-6-16-28(24)26/h3-22H,1-2H3,(H2,33,35,37)(H2,34,36,38)/t21-,22-/m0/s1. The molecule has 0 spiro atoms. The fourth-order valence-electron chi connectivity index (χ4n) is 4.82. The number of carbonyl (C=O) groups excluding carboxylic acids is 2. The van der Waals surface area contributed by atoms with Gasteiger partial charge in [0, 0.05) is 0 Å². The average Bonchev–Trinajstić information content (AvgIpc) is 2.93. The molecule has 0 heterocycles. The second kappa shape index (κ2) is 11.0. The lowest BCUT2D eigenvalue weighted by molar-refractivity contribution is 0.248. The number of para-hydroxylation sites is 2. The Morgan fingerprint density at radius 2 is 0.868 bits per heavy atom. The Morgan fingerprint density at radius 3 is 1.32 bits per heavy atom. The molecule has 0 aliphatic heterocycles. The smallest absolute Gasteiger partial charge is 0.319 e. The molecule has 5 aromatic carbocycles. The van der Waals surface area contributed by atoms with E-state index >= 15 is 0 Å². The minimum Gasteiger partial charge on any atom is -0.331 e. The van der Waals surface area contributed by atoms with Gasteiger partial charge < -0.3 is 21.3 Å². The zero-order valence-corrected chi connectivity index (χ0v) is 21.4. The number of hydrogen-bond donors (Lipinski definition) is 4. The molecule has 0 aliphatic carbocycles. The van der Waals surface area contributed by atoms with E-state index in [2.05, 4.69) is 57.7 Å². The van der Waals surface area contributed by atoms with E-state index in [1.54, 1.807) is 12.1 Å². The second-order valence-electron chi connectivity index (χ2n) is 9.32. The Kier molecular flexibility index (Phi) is 7.22. The lowest BCUT2D eigenvalue weighted by Gasteiger charge is -2.19. The zero-order chi connectivity index (χ0) is 26.5. The maximum atomic E-state index is 12.9. The number of carbonyl (C=O) groups is 2. The van der Waals surface area contributed by atoms with Crippen molar-refractivity contribution in [3.8, 4) is 0 Å². The van der Waals surface area contributed by atoms with Crippen LogP contribution in [0.3, 0.4) is 0 Å². The van der Waals surface area contributed by atoms with Gasteiger partial charge in [-0.3, -0.25) is 0 Å². The van der Waals surface area contributed by atoms with Crippen molar-refractivity contribution in [2.45, 2.75) is 25.9 Å². The number of benzene rings is 5. The van der Waals surface area contributed by atoms with E-state index in [-0.39, 0.29) is 24.1 Å². The van der Waals surface area contributed by atoms with Crippen LogP contribution in [0.25, 0.3) is 21.5 Å². The molecule has 0 fully saturated rings. The van der Waals surface area contributed by atoms with E-state index in [1.165, 1.54) is 0 Å². The van der Waals surface area contributed by atoms with Crippen LogP contribution < -0.4 is 21.3 Å². The molecule has 2 atom stereocenters. The van der Waals surface area contributed by atoms with Crippen LogP contribution in [0.2, 0.25) is 0 Å². The van der Waals surface area contributed by atoms with Crippen LogP contribution in [-0.4, -0.2) is 12.1 Å². The Labute approximate surface area is 222 Å². The van der Waals surface area contributed by atoms with Crippen molar-refractivity contribution >= 4 is 45.0 Å². The van der Waals surface area contributed by atoms with Gasteiger partial charge in [-0.15, -0.1) is 0 Å². The Morgan fingerprint density at radius 1 is 0.500 bits per heavy atom. The monoisotopic (exact) mass is 502 g/mol. The van der Waals surface area contributed by atoms with Crippen LogP contribution in [0.4, 0.5) is 21.0 Å². The first kappa shape index (κ1) is 24.8. The molecule has 0 radical (unpaired) electrons. The first-order valence-corrected chi connectivity index (χ1v) is 12.7. The maximum absolute atomic E-state index is 12.9. The third kappa shape index (κ3) is 5.44. The van der Waals surface area contributed by atoms with Crippen LogP contribution in [0.15, 0.2) is 109 Å². The van der Waals surface area contributed by atoms with E-state index in [0.717, 1.165) is 32.7 Å². The summed E-state index contributed by atoms with van der Waals surface area (Å²) in [6.07, 6.45) is 0. The van der Waals surface area contributed by atoms with Gasteiger partial charge in [0.05, 0.1) is 23.5 Å². The lowest BCUT2D eigenvalue weighted by Crippen LogP contribution is -2.33. The highest BCUT2D eigenvalue weighted by molar-refractivity contribution is 5.99. The highest BCUT2D eigenvalue weighted by Crippen LogP contribution is 2.26. The quantitative estimate of drug-likeness (QED) is 0.191. The third-order valence-electron chi connectivity index (χ3n) is 6.70. The van der Waals surface area contributed by atoms with Gasteiger partial charge in [0.25, 0.3) is 0 Å². The van der Waals surface area contributed by atoms with Gasteiger partial charge in [0.15, 0.2) is 0 Å². The van der Waals surface area contributed by atoms with E-state index < -0.39 is 0 Å². The van der Waals surface area contributed by atoms with Crippen molar-refractivity contribution in [1.82, 2.24) is 10.6 Å². The second-order valence-corrected chi connectivity index (χ2v) is 9.32. The molecular formula is C32H30N4O2. The average molecular weight is 503 g/mol. The van der Waals surface area contributed by atoms with E-state index in [1.807, 2.05) is 74.5 Å². The van der Waals surface area contributed by atoms with Gasteiger partial charge in [-0.05, 0) is 58.7 Å². The fourth-order valence-corrected chi connectivity index (χ4v) is 4.82. The summed E-state index contributed by atoms with van der Waals surface area (Å²) in [6, 6.07) is 34.3. The highest BCUT2D eigenvalue weighted by atomic mass is 16.2. The number of anilines is 2. The molecule has 4 amide bonds. The van der Waals surface area contributed by atoms with Crippen molar-refractivity contribution in [1.29, 1.82) is 0 Å². The molecular weight excluding hydrogens is 472 g/mol. The summed E-state index contributed by atoms with van der Waals surface area (Å²) in [4.78, 5) is 25.8. The summed E-state index contributed by atoms with van der Waals surface area (Å²) in [5, 5.41) is 16.2. The molecule has 0 bridgehead atoms. The first-order valence-electron chi connectivity index (χ1n) is 12.7. The molecule has 6 nitrogen and oxygen atoms in total. The van der Waals surface area contributed by atoms with E-state index in [4.69, 9.17) is 0 Å². The van der Waals surface area contributed by atoms with E-state index in [9.17, 15) is 9.59 Å². The van der Waals surface area contributed by atoms with Gasteiger partial charge in [-0.1, -0.05) is 97.1 Å². The normalized spacial score (nSPS) is 12.5. The van der Waals surface area contributed by atoms with Gasteiger partial charge in [-0.25, -0.2) is 9.59 Å². The van der Waals surface area contributed by atoms with Crippen LogP contribution >= 0.6 is 0 Å². The first-order chi connectivity index (χ1) is 18.5. The number of rotatable bonds is 6. The number of fused-ring (bicyclic) bond motifs is 2.